The van der Waals surface area contributed by atoms with Gasteiger partial charge in [-0.15, -0.1) is 0 Å². The molecule has 6 heteroatoms. The summed E-state index contributed by atoms with van der Waals surface area (Å²) >= 11 is 1.26. The average molecular weight is 303 g/mol. The van der Waals surface area contributed by atoms with Crippen molar-refractivity contribution in [1.29, 1.82) is 0 Å². The molecular weight excluding hydrogens is 286 g/mol. The predicted octanol–water partition coefficient (Wildman–Crippen LogP) is 2.07. The number of carbonyl (C=O) groups is 1. The standard InChI is InChI=1S/C15H17N3O2S/c19-13(16-10-5-1-2-6-10)9-21-15-17-12-8-4-3-7-11(12)14(20)18-15/h3-4,7-8,10H,1-2,5-6,9H2,(H,16,19)(H,17,18,20). The van der Waals surface area contributed by atoms with Gasteiger partial charge in [-0.3, -0.25) is 9.59 Å². The minimum Gasteiger partial charge on any atom is -0.353 e. The van der Waals surface area contributed by atoms with Crippen molar-refractivity contribution in [2.45, 2.75) is 36.9 Å². The summed E-state index contributed by atoms with van der Waals surface area (Å²) in [6.45, 7) is 0. The number of amides is 1. The molecule has 1 aliphatic carbocycles. The van der Waals surface area contributed by atoms with Crippen LogP contribution in [0.3, 0.4) is 0 Å². The van der Waals surface area contributed by atoms with Crippen molar-refractivity contribution < 1.29 is 4.79 Å². The lowest BCUT2D eigenvalue weighted by atomic mass is 10.2. The minimum absolute atomic E-state index is 0.00251. The lowest BCUT2D eigenvalue weighted by molar-refractivity contribution is -0.119. The Kier molecular flexibility index (Phi) is 4.24. The number of aromatic nitrogens is 2. The highest BCUT2D eigenvalue weighted by Gasteiger charge is 2.17. The van der Waals surface area contributed by atoms with Gasteiger partial charge in [0.2, 0.25) is 5.91 Å². The molecule has 1 heterocycles. The number of H-pyrrole nitrogens is 1. The lowest BCUT2D eigenvalue weighted by Crippen LogP contribution is -2.33. The van der Waals surface area contributed by atoms with Gasteiger partial charge in [0.05, 0.1) is 16.7 Å². The molecule has 0 radical (unpaired) electrons. The van der Waals surface area contributed by atoms with Crippen LogP contribution in [0.5, 0.6) is 0 Å². The van der Waals surface area contributed by atoms with E-state index < -0.39 is 0 Å². The number of hydrogen-bond acceptors (Lipinski definition) is 4. The zero-order valence-corrected chi connectivity index (χ0v) is 12.4. The first-order valence-corrected chi connectivity index (χ1v) is 8.12. The van der Waals surface area contributed by atoms with Crippen LogP contribution in [0.15, 0.2) is 34.2 Å². The zero-order chi connectivity index (χ0) is 14.7. The van der Waals surface area contributed by atoms with Crippen LogP contribution in [-0.4, -0.2) is 27.7 Å². The Labute approximate surface area is 126 Å². The second-order valence-corrected chi connectivity index (χ2v) is 6.19. The number of rotatable bonds is 4. The molecule has 5 nitrogen and oxygen atoms in total. The Morgan fingerprint density at radius 3 is 2.90 bits per heavy atom. The molecule has 0 atom stereocenters. The molecule has 0 bridgehead atoms. The minimum atomic E-state index is -0.167. The fraction of sp³-hybridized carbons (Fsp3) is 0.400. The summed E-state index contributed by atoms with van der Waals surface area (Å²) in [5.74, 6) is 0.278. The topological polar surface area (TPSA) is 74.8 Å². The van der Waals surface area contributed by atoms with Crippen molar-refractivity contribution in [2.75, 3.05) is 5.75 Å². The van der Waals surface area contributed by atoms with Gasteiger partial charge in [0.15, 0.2) is 5.16 Å². The smallest absolute Gasteiger partial charge is 0.259 e. The van der Waals surface area contributed by atoms with Gasteiger partial charge in [-0.05, 0) is 25.0 Å². The number of aromatic amines is 1. The molecule has 1 fully saturated rings. The molecule has 1 aromatic carbocycles. The molecule has 2 N–H and O–H groups in total. The van der Waals surface area contributed by atoms with Crippen LogP contribution in [-0.2, 0) is 4.79 Å². The first kappa shape index (κ1) is 14.1. The third kappa shape index (κ3) is 3.44. The van der Waals surface area contributed by atoms with Crippen LogP contribution in [0.1, 0.15) is 25.7 Å². The average Bonchev–Trinajstić information content (AvgIpc) is 2.98. The summed E-state index contributed by atoms with van der Waals surface area (Å²) < 4.78 is 0. The molecule has 0 spiro atoms. The summed E-state index contributed by atoms with van der Waals surface area (Å²) in [5, 5.41) is 4.07. The molecule has 1 amide bonds. The number of para-hydroxylation sites is 1. The summed E-state index contributed by atoms with van der Waals surface area (Å²) in [6, 6.07) is 7.51. The quantitative estimate of drug-likeness (QED) is 0.670. The van der Waals surface area contributed by atoms with Gasteiger partial charge in [0.1, 0.15) is 0 Å². The van der Waals surface area contributed by atoms with Crippen LogP contribution in [0, 0.1) is 0 Å². The van der Waals surface area contributed by atoms with Crippen LogP contribution in [0.4, 0.5) is 0 Å². The number of thioether (sulfide) groups is 1. The Bertz CT molecular complexity index is 707. The van der Waals surface area contributed by atoms with Crippen molar-refractivity contribution in [1.82, 2.24) is 15.3 Å². The van der Waals surface area contributed by atoms with E-state index in [-0.39, 0.29) is 17.2 Å². The van der Waals surface area contributed by atoms with E-state index in [1.807, 2.05) is 6.07 Å². The lowest BCUT2D eigenvalue weighted by Gasteiger charge is -2.11. The number of fused-ring (bicyclic) bond motifs is 1. The Morgan fingerprint density at radius 1 is 1.33 bits per heavy atom. The molecule has 1 aromatic heterocycles. The number of nitrogens with zero attached hydrogens (tertiary/aromatic N) is 1. The van der Waals surface area contributed by atoms with E-state index >= 15 is 0 Å². The van der Waals surface area contributed by atoms with Gasteiger partial charge >= 0.3 is 0 Å². The molecular formula is C15H17N3O2S. The largest absolute Gasteiger partial charge is 0.353 e. The SMILES string of the molecule is O=C(CSc1nc2ccccc2c(=O)[nH]1)NC1CCCC1. The monoisotopic (exact) mass is 303 g/mol. The summed E-state index contributed by atoms with van der Waals surface area (Å²) in [6.07, 6.45) is 4.53. The van der Waals surface area contributed by atoms with Crippen molar-refractivity contribution in [3.05, 3.63) is 34.6 Å². The molecule has 1 saturated carbocycles. The van der Waals surface area contributed by atoms with E-state index in [4.69, 9.17) is 0 Å². The fourth-order valence-electron chi connectivity index (χ4n) is 2.61. The summed E-state index contributed by atoms with van der Waals surface area (Å²) in [7, 11) is 0. The number of nitrogens with one attached hydrogen (secondary N) is 2. The van der Waals surface area contributed by atoms with Crippen LogP contribution in [0.2, 0.25) is 0 Å². The van der Waals surface area contributed by atoms with Gasteiger partial charge < -0.3 is 10.3 Å². The van der Waals surface area contributed by atoms with Gasteiger partial charge in [-0.2, -0.15) is 0 Å². The molecule has 0 saturated heterocycles. The molecule has 3 rings (SSSR count). The van der Waals surface area contributed by atoms with Crippen LogP contribution < -0.4 is 10.9 Å². The van der Waals surface area contributed by atoms with Crippen molar-refractivity contribution in [2.24, 2.45) is 0 Å². The van der Waals surface area contributed by atoms with Crippen molar-refractivity contribution in [3.63, 3.8) is 0 Å². The third-order valence-electron chi connectivity index (χ3n) is 3.65. The Hall–Kier alpha value is -1.82. The molecule has 1 aliphatic rings. The fourth-order valence-corrected chi connectivity index (χ4v) is 3.29. The summed E-state index contributed by atoms with van der Waals surface area (Å²) in [5.41, 5.74) is 0.485. The van der Waals surface area contributed by atoms with Crippen molar-refractivity contribution >= 4 is 28.6 Å². The number of hydrogen-bond donors (Lipinski definition) is 2. The van der Waals surface area contributed by atoms with E-state index in [9.17, 15) is 9.59 Å². The maximum atomic E-state index is 11.9. The molecule has 0 aliphatic heterocycles. The second-order valence-electron chi connectivity index (χ2n) is 5.23. The maximum Gasteiger partial charge on any atom is 0.259 e. The van der Waals surface area contributed by atoms with E-state index in [1.165, 1.54) is 24.6 Å². The molecule has 110 valence electrons. The van der Waals surface area contributed by atoms with E-state index in [0.29, 0.717) is 22.1 Å². The van der Waals surface area contributed by atoms with E-state index in [2.05, 4.69) is 15.3 Å². The summed E-state index contributed by atoms with van der Waals surface area (Å²) in [4.78, 5) is 30.9. The van der Waals surface area contributed by atoms with Gasteiger partial charge in [0.25, 0.3) is 5.56 Å². The second kappa shape index (κ2) is 6.30. The Balaban J connectivity index is 1.65. The highest BCUT2D eigenvalue weighted by atomic mass is 32.2. The third-order valence-corrected chi connectivity index (χ3v) is 4.52. The van der Waals surface area contributed by atoms with Crippen LogP contribution >= 0.6 is 11.8 Å². The molecule has 0 unspecified atom stereocenters. The van der Waals surface area contributed by atoms with Crippen molar-refractivity contribution in [3.8, 4) is 0 Å². The Morgan fingerprint density at radius 2 is 2.10 bits per heavy atom. The highest BCUT2D eigenvalue weighted by molar-refractivity contribution is 7.99. The van der Waals surface area contributed by atoms with Gasteiger partial charge in [-0.25, -0.2) is 4.98 Å². The zero-order valence-electron chi connectivity index (χ0n) is 11.6. The highest BCUT2D eigenvalue weighted by Crippen LogP contribution is 2.18. The van der Waals surface area contributed by atoms with Crippen LogP contribution in [0.25, 0.3) is 10.9 Å². The van der Waals surface area contributed by atoms with E-state index in [0.717, 1.165) is 12.8 Å². The normalized spacial score (nSPS) is 15.4. The predicted molar refractivity (Wildman–Crippen MR) is 83.5 cm³/mol. The van der Waals surface area contributed by atoms with Gasteiger partial charge in [-0.1, -0.05) is 36.7 Å². The molecule has 2 aromatic rings. The molecule has 21 heavy (non-hydrogen) atoms. The first-order valence-electron chi connectivity index (χ1n) is 7.13. The van der Waals surface area contributed by atoms with Gasteiger partial charge in [0, 0.05) is 6.04 Å². The van der Waals surface area contributed by atoms with E-state index in [1.54, 1.807) is 18.2 Å². The number of benzene rings is 1. The first-order chi connectivity index (χ1) is 10.2. The maximum absolute atomic E-state index is 11.9. The number of carbonyl (C=O) groups excluding carboxylic acids is 1.